The third kappa shape index (κ3) is 7.19. The zero-order valence-electron chi connectivity index (χ0n) is 21.4. The summed E-state index contributed by atoms with van der Waals surface area (Å²) in [5, 5.41) is 13.7. The molecule has 0 radical (unpaired) electrons. The predicted octanol–water partition coefficient (Wildman–Crippen LogP) is 4.40. The van der Waals surface area contributed by atoms with Crippen molar-refractivity contribution >= 4 is 53.0 Å². The van der Waals surface area contributed by atoms with E-state index in [1.165, 1.54) is 18.2 Å². The zero-order chi connectivity index (χ0) is 28.0. The molecule has 13 heteroatoms. The Hall–Kier alpha value is -3.37. The van der Waals surface area contributed by atoms with Gasteiger partial charge in [-0.1, -0.05) is 25.5 Å². The highest BCUT2D eigenvalue weighted by atomic mass is 32.1. The van der Waals surface area contributed by atoms with Gasteiger partial charge in [0.2, 0.25) is 0 Å². The molecule has 4 aromatic rings. The van der Waals surface area contributed by atoms with E-state index in [4.69, 9.17) is 20.0 Å². The molecule has 4 rings (SSSR count). The number of ether oxygens (including phenoxy) is 1. The number of nitrogen functional groups attached to an aromatic ring is 1. The second-order valence-electron chi connectivity index (χ2n) is 8.97. The van der Waals surface area contributed by atoms with Crippen molar-refractivity contribution in [3.8, 4) is 11.5 Å². The fourth-order valence-electron chi connectivity index (χ4n) is 4.36. The van der Waals surface area contributed by atoms with Gasteiger partial charge in [0.25, 0.3) is 0 Å². The lowest BCUT2D eigenvalue weighted by molar-refractivity contribution is 0.145. The van der Waals surface area contributed by atoms with Gasteiger partial charge in [-0.15, -0.1) is 0 Å². The molecule has 0 unspecified atom stereocenters. The topological polar surface area (TPSA) is 165 Å². The lowest BCUT2D eigenvalue weighted by atomic mass is 10.1. The summed E-state index contributed by atoms with van der Waals surface area (Å²) in [6.07, 6.45) is 3.20. The van der Waals surface area contributed by atoms with Crippen LogP contribution in [-0.4, -0.2) is 54.3 Å². The highest BCUT2D eigenvalue weighted by Crippen LogP contribution is 2.39. The number of aryl methyl sites for hydroxylation is 1. The molecule has 0 aliphatic heterocycles. The van der Waals surface area contributed by atoms with Gasteiger partial charge in [0.1, 0.15) is 22.8 Å². The Kier molecular flexibility index (Phi) is 9.29. The molecule has 0 fully saturated rings. The minimum Gasteiger partial charge on any atom is -0.508 e. The number of pyridine rings is 1. The number of phosphoric acid groups is 1. The molecule has 2 heterocycles. The summed E-state index contributed by atoms with van der Waals surface area (Å²) in [5.41, 5.74) is 9.85. The molecule has 11 nitrogen and oxygen atoms in total. The van der Waals surface area contributed by atoms with E-state index in [1.807, 2.05) is 22.8 Å². The number of phenols is 1. The number of unbranched alkanes of at least 4 members (excludes halogenated alkanes) is 1. The number of nitrogens with zero attached hydrogens (tertiary/aromatic N) is 4. The minimum absolute atomic E-state index is 0.0405. The van der Waals surface area contributed by atoms with Crippen LogP contribution in [0.4, 0.5) is 5.82 Å². The number of thiocarbonyl (C=S) groups is 1. The second kappa shape index (κ2) is 12.7. The number of imidazole rings is 1. The van der Waals surface area contributed by atoms with Crippen LogP contribution in [0.2, 0.25) is 0 Å². The van der Waals surface area contributed by atoms with Gasteiger partial charge in [-0.2, -0.15) is 0 Å². The van der Waals surface area contributed by atoms with Crippen LogP contribution in [0.3, 0.4) is 0 Å². The van der Waals surface area contributed by atoms with Crippen LogP contribution in [0.15, 0.2) is 41.4 Å². The maximum Gasteiger partial charge on any atom is 0.524 e. The molecule has 0 aliphatic rings. The summed E-state index contributed by atoms with van der Waals surface area (Å²) < 4.78 is 23.7. The Morgan fingerprint density at radius 3 is 2.72 bits per heavy atom. The number of phenolic OH excluding ortho intramolecular Hbond substituents is 1. The van der Waals surface area contributed by atoms with Crippen LogP contribution in [0.5, 0.6) is 11.5 Å². The van der Waals surface area contributed by atoms with Crippen LogP contribution in [0.1, 0.15) is 36.7 Å². The number of hydrogen-bond acceptors (Lipinski definition) is 9. The fraction of sp³-hybridized carbons (Fsp3) is 0.346. The van der Waals surface area contributed by atoms with Crippen molar-refractivity contribution in [3.63, 3.8) is 0 Å². The first-order chi connectivity index (χ1) is 18.7. The van der Waals surface area contributed by atoms with Crippen molar-refractivity contribution in [2.75, 3.05) is 25.5 Å². The fourth-order valence-corrected chi connectivity index (χ4v) is 4.84. The van der Waals surface area contributed by atoms with Crippen LogP contribution in [0.25, 0.3) is 21.9 Å². The number of aromatic nitrogens is 3. The molecule has 0 atom stereocenters. The molecular formula is C26H30N5O6PS. The number of hydrogen-bond donors (Lipinski definition) is 4. The van der Waals surface area contributed by atoms with E-state index in [1.54, 1.807) is 0 Å². The van der Waals surface area contributed by atoms with Gasteiger partial charge in [-0.05, 0) is 54.9 Å². The summed E-state index contributed by atoms with van der Waals surface area (Å²) in [5.74, 6) is 0.970. The van der Waals surface area contributed by atoms with E-state index in [9.17, 15) is 19.5 Å². The molecule has 0 amide bonds. The molecule has 2 aromatic carbocycles. The molecule has 206 valence electrons. The predicted molar refractivity (Wildman–Crippen MR) is 152 cm³/mol. The first-order valence-electron chi connectivity index (χ1n) is 12.5. The number of rotatable bonds is 13. The highest BCUT2D eigenvalue weighted by molar-refractivity contribution is 7.78. The summed E-state index contributed by atoms with van der Waals surface area (Å²) >= 11 is 4.55. The van der Waals surface area contributed by atoms with Gasteiger partial charge < -0.3 is 24.7 Å². The number of fused-ring (bicyclic) bond motifs is 3. The van der Waals surface area contributed by atoms with E-state index in [2.05, 4.69) is 34.3 Å². The van der Waals surface area contributed by atoms with Crippen LogP contribution in [-0.2, 0) is 28.7 Å². The lowest BCUT2D eigenvalue weighted by Crippen LogP contribution is -2.07. The van der Waals surface area contributed by atoms with Crippen molar-refractivity contribution in [1.82, 2.24) is 14.5 Å². The average Bonchev–Trinajstić information content (AvgIpc) is 3.24. The number of aliphatic imine (C=N–C) groups is 1. The lowest BCUT2D eigenvalue weighted by Gasteiger charge is -2.14. The van der Waals surface area contributed by atoms with Crippen molar-refractivity contribution in [3.05, 3.63) is 53.3 Å². The first kappa shape index (κ1) is 28.6. The molecular weight excluding hydrogens is 541 g/mol. The first-order valence-corrected chi connectivity index (χ1v) is 14.4. The minimum atomic E-state index is -4.76. The third-order valence-electron chi connectivity index (χ3n) is 6.15. The van der Waals surface area contributed by atoms with E-state index in [0.717, 1.165) is 35.1 Å². The Labute approximate surface area is 230 Å². The van der Waals surface area contributed by atoms with Gasteiger partial charge in [-0.25, -0.2) is 19.5 Å². The molecule has 0 bridgehead atoms. The van der Waals surface area contributed by atoms with E-state index in [-0.39, 0.29) is 18.0 Å². The Morgan fingerprint density at radius 1 is 1.15 bits per heavy atom. The van der Waals surface area contributed by atoms with Gasteiger partial charge in [0.15, 0.2) is 5.82 Å². The van der Waals surface area contributed by atoms with E-state index in [0.29, 0.717) is 55.0 Å². The Morgan fingerprint density at radius 2 is 1.97 bits per heavy atom. The van der Waals surface area contributed by atoms with Gasteiger partial charge >= 0.3 is 7.82 Å². The SMILES string of the molecule is CCCCc1nc2c(N)nc3cc(CCOCCN=C=S)ccc3c2n1Cc1cc(OP(=O)(O)O)ccc1O. The quantitative estimate of drug-likeness (QED) is 0.0782. The van der Waals surface area contributed by atoms with Crippen molar-refractivity contribution in [2.45, 2.75) is 39.2 Å². The normalized spacial score (nSPS) is 11.7. The van der Waals surface area contributed by atoms with Gasteiger partial charge in [0, 0.05) is 17.4 Å². The van der Waals surface area contributed by atoms with E-state index >= 15 is 0 Å². The Balaban J connectivity index is 1.74. The van der Waals surface area contributed by atoms with Crippen LogP contribution in [0, 0.1) is 0 Å². The number of anilines is 1. The summed E-state index contributed by atoms with van der Waals surface area (Å²) in [6.45, 7) is 3.73. The molecule has 0 aliphatic carbocycles. The molecule has 0 saturated carbocycles. The number of aromatic hydroxyl groups is 1. The van der Waals surface area contributed by atoms with Crippen LogP contribution >= 0.6 is 20.0 Å². The number of phosphoric ester groups is 1. The maximum absolute atomic E-state index is 11.4. The second-order valence-corrected chi connectivity index (χ2v) is 10.3. The molecule has 2 aromatic heterocycles. The van der Waals surface area contributed by atoms with Gasteiger partial charge in [0.05, 0.1) is 42.5 Å². The third-order valence-corrected chi connectivity index (χ3v) is 6.73. The smallest absolute Gasteiger partial charge is 0.508 e. The van der Waals surface area contributed by atoms with Crippen molar-refractivity contribution < 1.29 is 28.7 Å². The number of isothiocyanates is 1. The highest BCUT2D eigenvalue weighted by Gasteiger charge is 2.20. The van der Waals surface area contributed by atoms with Crippen LogP contribution < -0.4 is 10.3 Å². The number of nitrogens with two attached hydrogens (primary N) is 1. The largest absolute Gasteiger partial charge is 0.524 e. The van der Waals surface area contributed by atoms with Gasteiger partial charge in [-0.3, -0.25) is 9.79 Å². The zero-order valence-corrected chi connectivity index (χ0v) is 23.1. The summed E-state index contributed by atoms with van der Waals surface area (Å²) in [4.78, 5) is 31.7. The molecule has 5 N–H and O–H groups in total. The summed E-state index contributed by atoms with van der Waals surface area (Å²) in [7, 11) is -4.76. The van der Waals surface area contributed by atoms with E-state index < -0.39 is 7.82 Å². The monoisotopic (exact) mass is 571 g/mol. The molecule has 0 saturated heterocycles. The molecule has 39 heavy (non-hydrogen) atoms. The molecule has 0 spiro atoms. The summed E-state index contributed by atoms with van der Waals surface area (Å²) in [6, 6.07) is 10.0. The van der Waals surface area contributed by atoms with Crippen molar-refractivity contribution in [1.29, 1.82) is 0 Å². The number of benzene rings is 2. The van der Waals surface area contributed by atoms with Crippen molar-refractivity contribution in [2.24, 2.45) is 4.99 Å². The average molecular weight is 572 g/mol. The Bertz CT molecular complexity index is 1580. The maximum atomic E-state index is 11.4. The standard InChI is InChI=1S/C26H30N5O6PS/c1-2-3-4-23-30-24-25(31(23)15-18-14-19(6-8-22(18)32)37-38(33,34)35)20-7-5-17(13-21(20)29-26(24)27)9-11-36-12-10-28-16-39/h5-8,13-14,32H,2-4,9-12,15H2,1H3,(H2,27,29)(H2,33,34,35).